The summed E-state index contributed by atoms with van der Waals surface area (Å²) in [5.41, 5.74) is 5.02. The van der Waals surface area contributed by atoms with Gasteiger partial charge in [-0.1, -0.05) is 12.1 Å². The van der Waals surface area contributed by atoms with Gasteiger partial charge in [-0.25, -0.2) is 13.9 Å². The van der Waals surface area contributed by atoms with Crippen LogP contribution in [0.3, 0.4) is 0 Å². The molecule has 4 aromatic rings. The molecular formula is C18H14FN5. The van der Waals surface area contributed by atoms with Crippen molar-refractivity contribution in [2.24, 2.45) is 0 Å². The Kier molecular flexibility index (Phi) is 2.79. The maximum Gasteiger partial charge on any atom is 0.163 e. The van der Waals surface area contributed by atoms with Gasteiger partial charge in [0.05, 0.1) is 0 Å². The van der Waals surface area contributed by atoms with Crippen LogP contribution in [0.1, 0.15) is 12.1 Å². The van der Waals surface area contributed by atoms with Gasteiger partial charge in [-0.3, -0.25) is 4.68 Å². The molecule has 6 heteroatoms. The summed E-state index contributed by atoms with van der Waals surface area (Å²) in [5.74, 6) is -0.260. The maximum absolute atomic E-state index is 14.4. The van der Waals surface area contributed by atoms with Crippen LogP contribution in [0.2, 0.25) is 0 Å². The van der Waals surface area contributed by atoms with Crippen molar-refractivity contribution in [1.29, 1.82) is 0 Å². The number of fused-ring (bicyclic) bond motifs is 2. The second kappa shape index (κ2) is 4.99. The highest BCUT2D eigenvalue weighted by molar-refractivity contribution is 5.89. The van der Waals surface area contributed by atoms with Crippen molar-refractivity contribution < 1.29 is 4.39 Å². The van der Waals surface area contributed by atoms with Crippen LogP contribution in [0.15, 0.2) is 48.9 Å². The second-order valence-electron chi connectivity index (χ2n) is 5.93. The van der Waals surface area contributed by atoms with Gasteiger partial charge in [0.2, 0.25) is 0 Å². The van der Waals surface area contributed by atoms with Crippen LogP contribution in [0.4, 0.5) is 4.39 Å². The molecule has 4 heterocycles. The predicted molar refractivity (Wildman–Crippen MR) is 87.9 cm³/mol. The molecule has 3 aromatic heterocycles. The van der Waals surface area contributed by atoms with Crippen LogP contribution in [-0.4, -0.2) is 24.4 Å². The molecular weight excluding hydrogens is 305 g/mol. The molecule has 118 valence electrons. The summed E-state index contributed by atoms with van der Waals surface area (Å²) in [6, 6.07) is 10.7. The number of rotatable bonds is 2. The maximum atomic E-state index is 14.4. The zero-order valence-corrected chi connectivity index (χ0v) is 12.9. The lowest BCUT2D eigenvalue weighted by Gasteiger charge is -2.07. The van der Waals surface area contributed by atoms with Crippen molar-refractivity contribution in [3.8, 4) is 22.4 Å². The summed E-state index contributed by atoms with van der Waals surface area (Å²) in [6.45, 7) is 0.868. The van der Waals surface area contributed by atoms with Gasteiger partial charge in [-0.15, -0.1) is 0 Å². The molecule has 0 radical (unpaired) electrons. The molecule has 0 aliphatic carbocycles. The average molecular weight is 319 g/mol. The van der Waals surface area contributed by atoms with Gasteiger partial charge in [-0.05, 0) is 37.1 Å². The van der Waals surface area contributed by atoms with E-state index >= 15 is 0 Å². The van der Waals surface area contributed by atoms with Crippen molar-refractivity contribution in [2.75, 3.05) is 0 Å². The van der Waals surface area contributed by atoms with E-state index in [4.69, 9.17) is 5.10 Å². The Morgan fingerprint density at radius 2 is 1.92 bits per heavy atom. The Bertz CT molecular complexity index is 1060. The third-order valence-electron chi connectivity index (χ3n) is 4.54. The number of aryl methyl sites for hydroxylation is 1. The third kappa shape index (κ3) is 1.83. The lowest BCUT2D eigenvalue weighted by molar-refractivity contribution is 0.627. The lowest BCUT2D eigenvalue weighted by atomic mass is 9.98. The molecule has 0 saturated carbocycles. The fraction of sp³-hybridized carbons (Fsp3) is 0.167. The second-order valence-corrected chi connectivity index (χ2v) is 5.93. The van der Waals surface area contributed by atoms with E-state index in [0.29, 0.717) is 11.3 Å². The number of nitrogens with zero attached hydrogens (tertiary/aromatic N) is 5. The summed E-state index contributed by atoms with van der Waals surface area (Å²) in [5, 5.41) is 8.92. The van der Waals surface area contributed by atoms with Crippen molar-refractivity contribution in [2.45, 2.75) is 19.4 Å². The van der Waals surface area contributed by atoms with Gasteiger partial charge in [-0.2, -0.15) is 10.2 Å². The zero-order chi connectivity index (χ0) is 16.1. The Hall–Kier alpha value is -3.02. The van der Waals surface area contributed by atoms with Gasteiger partial charge in [0.1, 0.15) is 17.8 Å². The fourth-order valence-electron chi connectivity index (χ4n) is 3.50. The molecule has 5 rings (SSSR count). The van der Waals surface area contributed by atoms with Crippen LogP contribution in [-0.2, 0) is 13.0 Å². The summed E-state index contributed by atoms with van der Waals surface area (Å²) < 4.78 is 18.1. The summed E-state index contributed by atoms with van der Waals surface area (Å²) in [4.78, 5) is 4.38. The Balaban J connectivity index is 1.85. The van der Waals surface area contributed by atoms with Crippen LogP contribution >= 0.6 is 0 Å². The van der Waals surface area contributed by atoms with E-state index in [9.17, 15) is 4.39 Å². The highest BCUT2D eigenvalue weighted by Crippen LogP contribution is 2.39. The molecule has 0 N–H and O–H groups in total. The van der Waals surface area contributed by atoms with Crippen molar-refractivity contribution in [3.05, 3.63) is 60.4 Å². The topological polar surface area (TPSA) is 48.0 Å². The third-order valence-corrected chi connectivity index (χ3v) is 4.54. The molecule has 0 amide bonds. The van der Waals surface area contributed by atoms with Gasteiger partial charge in [0.25, 0.3) is 0 Å². The molecule has 0 saturated heterocycles. The first-order valence-electron chi connectivity index (χ1n) is 7.96. The van der Waals surface area contributed by atoms with Crippen LogP contribution in [0.5, 0.6) is 0 Å². The van der Waals surface area contributed by atoms with E-state index in [1.807, 2.05) is 29.1 Å². The van der Waals surface area contributed by atoms with E-state index in [1.165, 1.54) is 12.4 Å². The fourth-order valence-corrected chi connectivity index (χ4v) is 3.50. The summed E-state index contributed by atoms with van der Waals surface area (Å²) in [7, 11) is 0. The Morgan fingerprint density at radius 1 is 1.04 bits per heavy atom. The molecule has 24 heavy (non-hydrogen) atoms. The first-order valence-corrected chi connectivity index (χ1v) is 7.96. The predicted octanol–water partition coefficient (Wildman–Crippen LogP) is 3.35. The molecule has 1 aliphatic rings. The van der Waals surface area contributed by atoms with Gasteiger partial charge in [0.15, 0.2) is 5.65 Å². The minimum Gasteiger partial charge on any atom is -0.268 e. The quantitative estimate of drug-likeness (QED) is 0.569. The molecule has 0 bridgehead atoms. The van der Waals surface area contributed by atoms with E-state index in [0.717, 1.165) is 41.9 Å². The van der Waals surface area contributed by atoms with Gasteiger partial charge in [0, 0.05) is 35.1 Å². The first kappa shape index (κ1) is 13.4. The average Bonchev–Trinajstić information content (AvgIpc) is 3.30. The molecule has 0 fully saturated rings. The van der Waals surface area contributed by atoms with E-state index in [1.54, 1.807) is 16.6 Å². The molecule has 1 aliphatic heterocycles. The summed E-state index contributed by atoms with van der Waals surface area (Å²) >= 11 is 0. The van der Waals surface area contributed by atoms with E-state index in [2.05, 4.69) is 10.1 Å². The van der Waals surface area contributed by atoms with Crippen molar-refractivity contribution in [3.63, 3.8) is 0 Å². The number of benzene rings is 1. The molecule has 0 unspecified atom stereocenters. The number of hydrogen-bond acceptors (Lipinski definition) is 3. The van der Waals surface area contributed by atoms with Crippen molar-refractivity contribution in [1.82, 2.24) is 24.4 Å². The van der Waals surface area contributed by atoms with Gasteiger partial charge < -0.3 is 0 Å². The smallest absolute Gasteiger partial charge is 0.163 e. The van der Waals surface area contributed by atoms with Crippen LogP contribution < -0.4 is 0 Å². The molecule has 0 spiro atoms. The number of pyridine rings is 1. The number of halogens is 1. The highest BCUT2D eigenvalue weighted by Gasteiger charge is 2.26. The van der Waals surface area contributed by atoms with Crippen LogP contribution in [0.25, 0.3) is 28.0 Å². The molecule has 1 aromatic carbocycles. The largest absolute Gasteiger partial charge is 0.268 e. The van der Waals surface area contributed by atoms with Gasteiger partial charge >= 0.3 is 0 Å². The highest BCUT2D eigenvalue weighted by atomic mass is 19.1. The minimum atomic E-state index is -0.260. The van der Waals surface area contributed by atoms with Crippen molar-refractivity contribution >= 4 is 5.65 Å². The van der Waals surface area contributed by atoms with Crippen LogP contribution in [0, 0.1) is 5.82 Å². The molecule has 5 nitrogen and oxygen atoms in total. The molecule has 0 atom stereocenters. The Morgan fingerprint density at radius 3 is 2.83 bits per heavy atom. The number of hydrogen-bond donors (Lipinski definition) is 0. The SMILES string of the molecule is Fc1ccccc1-c1nn2c(c1-c1cccn3ncnc13)CCC2. The zero-order valence-electron chi connectivity index (χ0n) is 12.9. The normalized spacial score (nSPS) is 13.5. The summed E-state index contributed by atoms with van der Waals surface area (Å²) in [6.07, 6.45) is 5.39. The minimum absolute atomic E-state index is 0.260. The Labute approximate surface area is 137 Å². The monoisotopic (exact) mass is 319 g/mol. The van der Waals surface area contributed by atoms with E-state index in [-0.39, 0.29) is 5.82 Å². The van der Waals surface area contributed by atoms with E-state index < -0.39 is 0 Å². The first-order chi connectivity index (χ1) is 11.8. The lowest BCUT2D eigenvalue weighted by Crippen LogP contribution is -1.94. The number of aromatic nitrogens is 5. The standard InChI is InChI=1S/C18H14FN5/c19-14-7-2-1-5-12(14)17-16(15-8-4-9-23(15)22-17)13-6-3-10-24-18(13)20-11-21-24/h1-3,5-7,10-11H,4,8-9H2.